The van der Waals surface area contributed by atoms with Crippen molar-refractivity contribution in [3.63, 3.8) is 0 Å². The lowest BCUT2D eigenvalue weighted by Crippen LogP contribution is -2.48. The van der Waals surface area contributed by atoms with Crippen molar-refractivity contribution in [2.45, 2.75) is 31.5 Å². The molecule has 0 saturated heterocycles. The number of amides is 1. The van der Waals surface area contributed by atoms with Crippen molar-refractivity contribution in [3.8, 4) is 22.8 Å². The minimum Gasteiger partial charge on any atom is -0.439 e. The Morgan fingerprint density at radius 1 is 0.943 bits per heavy atom. The van der Waals surface area contributed by atoms with E-state index in [-0.39, 0.29) is 11.5 Å². The van der Waals surface area contributed by atoms with Gasteiger partial charge in [0.25, 0.3) is 0 Å². The van der Waals surface area contributed by atoms with E-state index in [9.17, 15) is 39.9 Å². The first kappa shape index (κ1) is 25.7. The third-order valence-corrected chi connectivity index (χ3v) is 4.39. The van der Waals surface area contributed by atoms with Crippen LogP contribution in [-0.2, 0) is 4.74 Å². The molecule has 35 heavy (non-hydrogen) atoms. The van der Waals surface area contributed by atoms with Crippen molar-refractivity contribution in [2.75, 3.05) is 5.32 Å². The Hall–Kier alpha value is -3.91. The summed E-state index contributed by atoms with van der Waals surface area (Å²) in [6, 6.07) is 10.3. The highest BCUT2D eigenvalue weighted by atomic mass is 19.4. The summed E-state index contributed by atoms with van der Waals surface area (Å²) in [5.74, 6) is -5.46. The van der Waals surface area contributed by atoms with Crippen molar-refractivity contribution in [3.05, 3.63) is 54.9 Å². The third-order valence-electron chi connectivity index (χ3n) is 4.39. The first-order chi connectivity index (χ1) is 16.2. The van der Waals surface area contributed by atoms with Crippen LogP contribution in [0.3, 0.4) is 0 Å². The predicted octanol–water partition coefficient (Wildman–Crippen LogP) is 5.97. The fourth-order valence-electron chi connectivity index (χ4n) is 2.64. The van der Waals surface area contributed by atoms with Crippen LogP contribution in [0.2, 0.25) is 0 Å². The number of hydrogen-bond acceptors (Lipinski definition) is 5. The highest BCUT2D eigenvalue weighted by Gasteiger charge is 2.62. The lowest BCUT2D eigenvalue weighted by molar-refractivity contribution is -0.308. The van der Waals surface area contributed by atoms with E-state index < -0.39 is 36.4 Å². The number of halogens is 8. The summed E-state index contributed by atoms with van der Waals surface area (Å²) in [6.45, 7) is 0.412. The number of ether oxygens (including phenoxy) is 2. The molecule has 0 bridgehead atoms. The van der Waals surface area contributed by atoms with Crippen molar-refractivity contribution < 1.29 is 49.4 Å². The number of nitrogens with zero attached hydrogens (tertiary/aromatic N) is 3. The maximum Gasteiger partial charge on any atom is 0.573 e. The number of alkyl halides is 8. The number of hydrogen-bond donors (Lipinski definition) is 1. The van der Waals surface area contributed by atoms with Gasteiger partial charge < -0.3 is 9.47 Å². The number of aromatic nitrogens is 3. The quantitative estimate of drug-likeness (QED) is 0.414. The third kappa shape index (κ3) is 6.36. The molecule has 0 aliphatic carbocycles. The van der Waals surface area contributed by atoms with Gasteiger partial charge in [0.2, 0.25) is 0 Å². The second kappa shape index (κ2) is 9.38. The zero-order valence-corrected chi connectivity index (χ0v) is 17.4. The Kier molecular flexibility index (Phi) is 6.89. The van der Waals surface area contributed by atoms with Crippen LogP contribution in [0.25, 0.3) is 17.1 Å². The van der Waals surface area contributed by atoms with Crippen molar-refractivity contribution in [1.29, 1.82) is 0 Å². The van der Waals surface area contributed by atoms with Crippen LogP contribution in [0.1, 0.15) is 6.92 Å². The first-order valence-corrected chi connectivity index (χ1v) is 9.46. The second-order valence-corrected chi connectivity index (χ2v) is 6.93. The molecule has 0 saturated carbocycles. The van der Waals surface area contributed by atoms with E-state index in [1.165, 1.54) is 47.4 Å². The number of carbonyl (C=O) groups excluding carboxylic acids is 1. The van der Waals surface area contributed by atoms with Gasteiger partial charge in [-0.2, -0.15) is 22.0 Å². The van der Waals surface area contributed by atoms with Gasteiger partial charge in [-0.1, -0.05) is 0 Å². The predicted molar refractivity (Wildman–Crippen MR) is 104 cm³/mol. The molecule has 0 aliphatic rings. The van der Waals surface area contributed by atoms with Crippen LogP contribution in [0.4, 0.5) is 45.6 Å². The van der Waals surface area contributed by atoms with Crippen LogP contribution in [0.15, 0.2) is 54.9 Å². The largest absolute Gasteiger partial charge is 0.573 e. The van der Waals surface area contributed by atoms with E-state index in [1.54, 1.807) is 0 Å². The molecule has 1 unspecified atom stereocenters. The number of nitrogens with one attached hydrogen (secondary N) is 1. The number of rotatable bonds is 6. The highest BCUT2D eigenvalue weighted by Crippen LogP contribution is 2.39. The van der Waals surface area contributed by atoms with E-state index in [0.29, 0.717) is 18.2 Å². The van der Waals surface area contributed by atoms with Crippen LogP contribution < -0.4 is 10.1 Å². The van der Waals surface area contributed by atoms with Gasteiger partial charge in [0.1, 0.15) is 12.1 Å². The van der Waals surface area contributed by atoms with Gasteiger partial charge in [0, 0.05) is 11.3 Å². The highest BCUT2D eigenvalue weighted by molar-refractivity contribution is 5.85. The van der Waals surface area contributed by atoms with E-state index in [4.69, 9.17) is 0 Å². The zero-order valence-electron chi connectivity index (χ0n) is 17.4. The van der Waals surface area contributed by atoms with E-state index >= 15 is 0 Å². The smallest absolute Gasteiger partial charge is 0.439 e. The molecule has 0 radical (unpaired) electrons. The SMILES string of the molecule is CC(OC(=O)Nc1ccc(-c2ncn(-c3ccc(OC(F)(F)F)cc3)n2)cc1)C(F)(F)C(F)(F)F. The summed E-state index contributed by atoms with van der Waals surface area (Å²) in [7, 11) is 0. The van der Waals surface area contributed by atoms with Crippen LogP contribution in [0.5, 0.6) is 5.75 Å². The Bertz CT molecular complexity index is 1160. The molecule has 7 nitrogen and oxygen atoms in total. The lowest BCUT2D eigenvalue weighted by Gasteiger charge is -2.25. The monoisotopic (exact) mass is 510 g/mol. The van der Waals surface area contributed by atoms with E-state index in [0.717, 1.165) is 12.1 Å². The molecule has 15 heteroatoms. The Balaban J connectivity index is 1.63. The number of carbonyl (C=O) groups is 1. The second-order valence-electron chi connectivity index (χ2n) is 6.93. The molecule has 188 valence electrons. The fraction of sp³-hybridized carbons (Fsp3) is 0.250. The standard InChI is InChI=1S/C20H14F8N4O3/c1-11(18(21,22)19(23,24)25)34-17(33)30-13-4-2-12(3-5-13)16-29-10-32(31-16)14-6-8-15(9-7-14)35-20(26,27)28/h2-11H,1H3,(H,30,33). The van der Waals surface area contributed by atoms with Crippen LogP contribution in [-0.4, -0.2) is 45.4 Å². The number of benzene rings is 2. The Labute approximate surface area is 191 Å². The van der Waals surface area contributed by atoms with E-state index in [2.05, 4.69) is 19.6 Å². The van der Waals surface area contributed by atoms with Gasteiger partial charge in [-0.05, 0) is 55.5 Å². The molecular weight excluding hydrogens is 496 g/mol. The van der Waals surface area contributed by atoms with Crippen molar-refractivity contribution in [2.24, 2.45) is 0 Å². The average Bonchev–Trinajstić information content (AvgIpc) is 3.23. The molecule has 3 rings (SSSR count). The van der Waals surface area contributed by atoms with Crippen molar-refractivity contribution in [1.82, 2.24) is 14.8 Å². The van der Waals surface area contributed by atoms with Gasteiger partial charge in [0.15, 0.2) is 11.9 Å². The molecule has 0 fully saturated rings. The summed E-state index contributed by atoms with van der Waals surface area (Å²) in [5, 5.41) is 6.20. The van der Waals surface area contributed by atoms with Crippen LogP contribution >= 0.6 is 0 Å². The molecule has 1 aromatic heterocycles. The molecule has 0 spiro atoms. The fourth-order valence-corrected chi connectivity index (χ4v) is 2.64. The molecule has 1 atom stereocenters. The normalized spacial score (nSPS) is 13.3. The summed E-state index contributed by atoms with van der Waals surface area (Å²) in [4.78, 5) is 15.7. The molecule has 1 N–H and O–H groups in total. The molecular formula is C20H14F8N4O3. The Morgan fingerprint density at radius 2 is 1.54 bits per heavy atom. The summed E-state index contributed by atoms with van der Waals surface area (Å²) < 4.78 is 109. The first-order valence-electron chi connectivity index (χ1n) is 9.46. The topological polar surface area (TPSA) is 78.3 Å². The molecule has 1 amide bonds. The summed E-state index contributed by atoms with van der Waals surface area (Å²) >= 11 is 0. The summed E-state index contributed by atoms with van der Waals surface area (Å²) in [6.07, 6.45) is -13.7. The minimum atomic E-state index is -5.89. The average molecular weight is 510 g/mol. The molecule has 1 heterocycles. The van der Waals surface area contributed by atoms with Gasteiger partial charge in [-0.3, -0.25) is 5.32 Å². The maximum atomic E-state index is 13.2. The number of anilines is 1. The van der Waals surface area contributed by atoms with Gasteiger partial charge >= 0.3 is 24.6 Å². The molecule has 0 aliphatic heterocycles. The minimum absolute atomic E-state index is 0.0287. The zero-order chi connectivity index (χ0) is 26.0. The molecule has 2 aromatic carbocycles. The maximum absolute atomic E-state index is 13.2. The Morgan fingerprint density at radius 3 is 2.09 bits per heavy atom. The molecule has 3 aromatic rings. The van der Waals surface area contributed by atoms with Gasteiger partial charge in [0.05, 0.1) is 5.69 Å². The van der Waals surface area contributed by atoms with Gasteiger partial charge in [-0.25, -0.2) is 14.5 Å². The lowest BCUT2D eigenvalue weighted by atomic mass is 10.2. The van der Waals surface area contributed by atoms with E-state index in [1.807, 2.05) is 5.32 Å². The van der Waals surface area contributed by atoms with Gasteiger partial charge in [-0.15, -0.1) is 18.3 Å². The van der Waals surface area contributed by atoms with Crippen molar-refractivity contribution >= 4 is 11.8 Å². The van der Waals surface area contributed by atoms with Crippen LogP contribution in [0, 0.1) is 0 Å². The summed E-state index contributed by atoms with van der Waals surface area (Å²) in [5.41, 5.74) is 0.835.